The molecule has 0 saturated heterocycles. The van der Waals surface area contributed by atoms with Crippen LogP contribution in [-0.2, 0) is 0 Å². The van der Waals surface area contributed by atoms with Crippen LogP contribution in [0.5, 0.6) is 5.75 Å². The molecule has 19 heavy (non-hydrogen) atoms. The average Bonchev–Trinajstić information content (AvgIpc) is 2.50. The van der Waals surface area contributed by atoms with Gasteiger partial charge in [-0.1, -0.05) is 72.2 Å². The molecule has 0 heterocycles. The van der Waals surface area contributed by atoms with Crippen LogP contribution in [0.2, 0.25) is 0 Å². The maximum absolute atomic E-state index is 5.28. The zero-order chi connectivity index (χ0) is 15.3. The Morgan fingerprint density at radius 3 is 2.21 bits per heavy atom. The smallest absolute Gasteiger partial charge is 0.122 e. The topological polar surface area (TPSA) is 9.23 Å². The molecule has 0 aliphatic heterocycles. The number of hydrogen-bond acceptors (Lipinski definition) is 1. The Hall–Kier alpha value is -1.24. The predicted molar refractivity (Wildman–Crippen MR) is 88.9 cm³/mol. The molecule has 0 bridgehead atoms. The van der Waals surface area contributed by atoms with Crippen molar-refractivity contribution in [2.24, 2.45) is 5.92 Å². The second-order valence-corrected chi connectivity index (χ2v) is 3.97. The summed E-state index contributed by atoms with van der Waals surface area (Å²) in [7, 11) is 1.71. The number of allylic oxidation sites excluding steroid dienone is 1. The van der Waals surface area contributed by atoms with Crippen molar-refractivity contribution in [3.63, 3.8) is 0 Å². The van der Waals surface area contributed by atoms with Crippen LogP contribution in [0.25, 0.3) is 6.08 Å². The van der Waals surface area contributed by atoms with Crippen LogP contribution in [0.15, 0.2) is 24.3 Å². The summed E-state index contributed by atoms with van der Waals surface area (Å²) in [5.74, 6) is 1.60. The standard InChI is InChI=1S/C14H20O.2C2H6/c1-5-11(2)6-8-13-9-7-12(3)14(10-13)15-4;2*1-2/h6-11H,5H2,1-4H3;2*1-2H3/b8-6+;;. The molecule has 1 aromatic carbocycles. The highest BCUT2D eigenvalue weighted by Crippen LogP contribution is 2.20. The van der Waals surface area contributed by atoms with E-state index in [4.69, 9.17) is 4.74 Å². The Bertz CT molecular complexity index is 340. The van der Waals surface area contributed by atoms with Gasteiger partial charge in [-0.05, 0) is 30.0 Å². The van der Waals surface area contributed by atoms with Crippen LogP contribution in [0, 0.1) is 12.8 Å². The van der Waals surface area contributed by atoms with Gasteiger partial charge in [-0.2, -0.15) is 0 Å². The van der Waals surface area contributed by atoms with Crippen molar-refractivity contribution < 1.29 is 4.74 Å². The van der Waals surface area contributed by atoms with E-state index in [1.54, 1.807) is 7.11 Å². The summed E-state index contributed by atoms with van der Waals surface area (Å²) in [5.41, 5.74) is 2.39. The van der Waals surface area contributed by atoms with Gasteiger partial charge in [-0.15, -0.1) is 0 Å². The third-order valence-corrected chi connectivity index (χ3v) is 2.69. The summed E-state index contributed by atoms with van der Waals surface area (Å²) < 4.78 is 5.28. The average molecular weight is 264 g/mol. The Labute approximate surface area is 120 Å². The summed E-state index contributed by atoms with van der Waals surface area (Å²) in [4.78, 5) is 0. The van der Waals surface area contributed by atoms with Gasteiger partial charge in [0.2, 0.25) is 0 Å². The van der Waals surface area contributed by atoms with Crippen LogP contribution in [0.4, 0.5) is 0 Å². The van der Waals surface area contributed by atoms with Gasteiger partial charge in [0.05, 0.1) is 7.11 Å². The Kier molecular flexibility index (Phi) is 14.0. The van der Waals surface area contributed by atoms with Crippen molar-refractivity contribution >= 4 is 6.08 Å². The molecule has 1 aromatic rings. The molecule has 0 aliphatic carbocycles. The summed E-state index contributed by atoms with van der Waals surface area (Å²) in [6.45, 7) is 14.5. The molecule has 0 radical (unpaired) electrons. The monoisotopic (exact) mass is 264 g/mol. The highest BCUT2D eigenvalue weighted by atomic mass is 16.5. The fraction of sp³-hybridized carbons (Fsp3) is 0.556. The summed E-state index contributed by atoms with van der Waals surface area (Å²) in [6, 6.07) is 6.29. The van der Waals surface area contributed by atoms with Crippen molar-refractivity contribution in [2.45, 2.75) is 54.9 Å². The number of hydrogen-bond donors (Lipinski definition) is 0. The molecule has 0 N–H and O–H groups in total. The number of rotatable bonds is 4. The van der Waals surface area contributed by atoms with Crippen LogP contribution in [0.3, 0.4) is 0 Å². The summed E-state index contributed by atoms with van der Waals surface area (Å²) in [5, 5.41) is 0. The van der Waals surface area contributed by atoms with Gasteiger partial charge in [0.15, 0.2) is 0 Å². The fourth-order valence-electron chi connectivity index (χ4n) is 1.35. The molecule has 0 aliphatic rings. The van der Waals surface area contributed by atoms with Gasteiger partial charge >= 0.3 is 0 Å². The van der Waals surface area contributed by atoms with E-state index in [2.05, 4.69) is 51.1 Å². The minimum Gasteiger partial charge on any atom is -0.496 e. The predicted octanol–water partition coefficient (Wildman–Crippen LogP) is 6.12. The van der Waals surface area contributed by atoms with Crippen LogP contribution >= 0.6 is 0 Å². The van der Waals surface area contributed by atoms with Crippen molar-refractivity contribution in [3.8, 4) is 5.75 Å². The van der Waals surface area contributed by atoms with Crippen molar-refractivity contribution in [3.05, 3.63) is 35.4 Å². The minimum atomic E-state index is 0.636. The van der Waals surface area contributed by atoms with E-state index in [0.717, 1.165) is 5.75 Å². The maximum atomic E-state index is 5.28. The van der Waals surface area contributed by atoms with Crippen LogP contribution < -0.4 is 4.74 Å². The third-order valence-electron chi connectivity index (χ3n) is 2.69. The molecular formula is C18H32O. The molecule has 0 aromatic heterocycles. The highest BCUT2D eigenvalue weighted by Gasteiger charge is 1.98. The van der Waals surface area contributed by atoms with E-state index >= 15 is 0 Å². The first kappa shape index (κ1) is 20.1. The van der Waals surface area contributed by atoms with Crippen molar-refractivity contribution in [2.75, 3.05) is 7.11 Å². The lowest BCUT2D eigenvalue weighted by Crippen LogP contribution is -1.88. The Balaban J connectivity index is 0. The maximum Gasteiger partial charge on any atom is 0.122 e. The summed E-state index contributed by atoms with van der Waals surface area (Å²) in [6.07, 6.45) is 5.58. The van der Waals surface area contributed by atoms with Gasteiger partial charge in [0.1, 0.15) is 5.75 Å². The molecule has 1 nitrogen and oxygen atoms in total. The summed E-state index contributed by atoms with van der Waals surface area (Å²) >= 11 is 0. The zero-order valence-electron chi connectivity index (χ0n) is 14.1. The second kappa shape index (κ2) is 13.2. The lowest BCUT2D eigenvalue weighted by molar-refractivity contribution is 0.411. The van der Waals surface area contributed by atoms with Crippen LogP contribution in [0.1, 0.15) is 59.1 Å². The van der Waals surface area contributed by atoms with E-state index in [-0.39, 0.29) is 0 Å². The van der Waals surface area contributed by atoms with E-state index in [0.29, 0.717) is 5.92 Å². The van der Waals surface area contributed by atoms with Crippen molar-refractivity contribution in [1.82, 2.24) is 0 Å². The first-order valence-electron chi connectivity index (χ1n) is 7.50. The van der Waals surface area contributed by atoms with Gasteiger partial charge in [0.25, 0.3) is 0 Å². The third kappa shape index (κ3) is 8.47. The molecule has 0 fully saturated rings. The number of methoxy groups -OCH3 is 1. The number of aryl methyl sites for hydroxylation is 1. The molecule has 0 amide bonds. The molecule has 0 spiro atoms. The molecule has 0 saturated carbocycles. The SMILES string of the molecule is CC.CC.CCC(C)/C=C/c1ccc(C)c(OC)c1. The molecule has 1 heteroatoms. The normalized spacial score (nSPS) is 10.9. The van der Waals surface area contributed by atoms with E-state index in [9.17, 15) is 0 Å². The Morgan fingerprint density at radius 2 is 1.74 bits per heavy atom. The first-order chi connectivity index (χ1) is 9.17. The van der Waals surface area contributed by atoms with Gasteiger partial charge in [-0.25, -0.2) is 0 Å². The minimum absolute atomic E-state index is 0.636. The van der Waals surface area contributed by atoms with E-state index in [1.165, 1.54) is 17.5 Å². The lowest BCUT2D eigenvalue weighted by atomic mass is 10.1. The fourth-order valence-corrected chi connectivity index (χ4v) is 1.35. The molecule has 1 atom stereocenters. The van der Waals surface area contributed by atoms with Crippen molar-refractivity contribution in [1.29, 1.82) is 0 Å². The number of benzene rings is 1. The van der Waals surface area contributed by atoms with E-state index < -0.39 is 0 Å². The molecular weight excluding hydrogens is 232 g/mol. The lowest BCUT2D eigenvalue weighted by Gasteiger charge is -2.05. The second-order valence-electron chi connectivity index (χ2n) is 3.97. The van der Waals surface area contributed by atoms with Gasteiger partial charge < -0.3 is 4.74 Å². The first-order valence-corrected chi connectivity index (χ1v) is 7.50. The zero-order valence-corrected chi connectivity index (χ0v) is 14.1. The Morgan fingerprint density at radius 1 is 1.16 bits per heavy atom. The molecule has 1 rings (SSSR count). The highest BCUT2D eigenvalue weighted by molar-refractivity contribution is 5.53. The largest absolute Gasteiger partial charge is 0.496 e. The van der Waals surface area contributed by atoms with Gasteiger partial charge in [0, 0.05) is 0 Å². The quantitative estimate of drug-likeness (QED) is 0.637. The molecule has 1 unspecified atom stereocenters. The molecule has 110 valence electrons. The van der Waals surface area contributed by atoms with Crippen LogP contribution in [-0.4, -0.2) is 7.11 Å². The van der Waals surface area contributed by atoms with Gasteiger partial charge in [-0.3, -0.25) is 0 Å². The number of ether oxygens (including phenoxy) is 1. The van der Waals surface area contributed by atoms with E-state index in [1.807, 2.05) is 27.7 Å².